The minimum atomic E-state index is 0.406. The van der Waals surface area contributed by atoms with E-state index in [1.165, 1.54) is 24.1 Å². The van der Waals surface area contributed by atoms with Crippen molar-refractivity contribution in [3.05, 3.63) is 22.4 Å². The molecule has 3 heteroatoms. The van der Waals surface area contributed by atoms with E-state index in [2.05, 4.69) is 36.7 Å². The Kier molecular flexibility index (Phi) is 5.67. The van der Waals surface area contributed by atoms with Crippen LogP contribution in [0, 0.1) is 5.92 Å². The summed E-state index contributed by atoms with van der Waals surface area (Å²) in [6, 6.07) is 4.86. The lowest BCUT2D eigenvalue weighted by Crippen LogP contribution is -2.44. The van der Waals surface area contributed by atoms with E-state index < -0.39 is 0 Å². The van der Waals surface area contributed by atoms with Crippen LogP contribution in [0.3, 0.4) is 0 Å². The zero-order valence-electron chi connectivity index (χ0n) is 11.5. The van der Waals surface area contributed by atoms with Crippen LogP contribution in [0.4, 0.5) is 0 Å². The SMILES string of the molecule is CCCNC(Cc1cccs1)C(OCC)C1CC1. The van der Waals surface area contributed by atoms with Crippen LogP contribution in [0.2, 0.25) is 0 Å². The number of ether oxygens (including phenoxy) is 1. The predicted octanol–water partition coefficient (Wildman–Crippen LogP) is 3.47. The first-order valence-corrected chi connectivity index (χ1v) is 8.10. The molecule has 1 aliphatic rings. The van der Waals surface area contributed by atoms with Crippen LogP contribution in [-0.2, 0) is 11.2 Å². The molecule has 1 aromatic heterocycles. The van der Waals surface area contributed by atoms with Gasteiger partial charge in [0.05, 0.1) is 6.10 Å². The Labute approximate surface area is 115 Å². The maximum absolute atomic E-state index is 6.02. The molecule has 2 unspecified atom stereocenters. The van der Waals surface area contributed by atoms with E-state index in [4.69, 9.17) is 4.74 Å². The van der Waals surface area contributed by atoms with E-state index in [9.17, 15) is 0 Å². The van der Waals surface area contributed by atoms with Gasteiger partial charge in [0, 0.05) is 17.5 Å². The highest BCUT2D eigenvalue weighted by molar-refractivity contribution is 7.09. The molecule has 0 saturated heterocycles. The van der Waals surface area contributed by atoms with Crippen molar-refractivity contribution in [2.75, 3.05) is 13.2 Å². The molecule has 0 spiro atoms. The molecule has 0 bridgehead atoms. The fourth-order valence-corrected chi connectivity index (χ4v) is 3.24. The highest BCUT2D eigenvalue weighted by Crippen LogP contribution is 2.36. The van der Waals surface area contributed by atoms with Crippen LogP contribution >= 0.6 is 11.3 Å². The fourth-order valence-electron chi connectivity index (χ4n) is 2.48. The summed E-state index contributed by atoms with van der Waals surface area (Å²) < 4.78 is 6.02. The second-order valence-corrected chi connectivity index (χ2v) is 6.13. The number of rotatable bonds is 9. The van der Waals surface area contributed by atoms with Crippen LogP contribution in [0.5, 0.6) is 0 Å². The predicted molar refractivity (Wildman–Crippen MR) is 78.2 cm³/mol. The molecule has 1 aliphatic carbocycles. The number of hydrogen-bond acceptors (Lipinski definition) is 3. The third-order valence-corrected chi connectivity index (χ3v) is 4.40. The van der Waals surface area contributed by atoms with Crippen LogP contribution < -0.4 is 5.32 Å². The van der Waals surface area contributed by atoms with Crippen LogP contribution in [0.1, 0.15) is 38.0 Å². The standard InChI is InChI=1S/C15H25NOS/c1-3-9-16-14(11-13-6-5-10-18-13)15(17-4-2)12-7-8-12/h5-6,10,12,14-16H,3-4,7-9,11H2,1-2H3. The van der Waals surface area contributed by atoms with E-state index in [1.54, 1.807) is 0 Å². The molecule has 2 atom stereocenters. The van der Waals surface area contributed by atoms with Crippen molar-refractivity contribution in [2.24, 2.45) is 5.92 Å². The van der Waals surface area contributed by atoms with Crippen LogP contribution in [-0.4, -0.2) is 25.3 Å². The van der Waals surface area contributed by atoms with Gasteiger partial charge in [-0.3, -0.25) is 0 Å². The smallest absolute Gasteiger partial charge is 0.0759 e. The van der Waals surface area contributed by atoms with Crippen molar-refractivity contribution >= 4 is 11.3 Å². The van der Waals surface area contributed by atoms with Crippen molar-refractivity contribution in [3.8, 4) is 0 Å². The Morgan fingerprint density at radius 2 is 2.28 bits per heavy atom. The van der Waals surface area contributed by atoms with E-state index in [1.807, 2.05) is 11.3 Å². The average molecular weight is 267 g/mol. The monoisotopic (exact) mass is 267 g/mol. The van der Waals surface area contributed by atoms with E-state index in [-0.39, 0.29) is 0 Å². The highest BCUT2D eigenvalue weighted by Gasteiger charge is 2.37. The Balaban J connectivity index is 1.97. The van der Waals surface area contributed by atoms with Crippen molar-refractivity contribution in [1.29, 1.82) is 0 Å². The molecule has 18 heavy (non-hydrogen) atoms. The van der Waals surface area contributed by atoms with Gasteiger partial charge in [0.15, 0.2) is 0 Å². The van der Waals surface area contributed by atoms with Gasteiger partial charge in [-0.05, 0) is 56.5 Å². The van der Waals surface area contributed by atoms with E-state index in [0.717, 1.165) is 25.5 Å². The minimum Gasteiger partial charge on any atom is -0.377 e. The lowest BCUT2D eigenvalue weighted by atomic mass is 10.0. The molecule has 2 nitrogen and oxygen atoms in total. The second-order valence-electron chi connectivity index (χ2n) is 5.10. The first kappa shape index (κ1) is 14.0. The maximum atomic E-state index is 6.02. The summed E-state index contributed by atoms with van der Waals surface area (Å²) in [5.41, 5.74) is 0. The normalized spacial score (nSPS) is 18.8. The Hall–Kier alpha value is -0.380. The Bertz CT molecular complexity index is 321. The molecule has 2 rings (SSSR count). The summed E-state index contributed by atoms with van der Waals surface area (Å²) in [5.74, 6) is 0.791. The Morgan fingerprint density at radius 1 is 1.44 bits per heavy atom. The first-order valence-electron chi connectivity index (χ1n) is 7.22. The molecule has 1 heterocycles. The number of nitrogens with one attached hydrogen (secondary N) is 1. The fraction of sp³-hybridized carbons (Fsp3) is 0.733. The zero-order valence-corrected chi connectivity index (χ0v) is 12.3. The summed E-state index contributed by atoms with van der Waals surface area (Å²) >= 11 is 1.86. The molecular weight excluding hydrogens is 242 g/mol. The molecule has 102 valence electrons. The summed E-state index contributed by atoms with van der Waals surface area (Å²) in [4.78, 5) is 1.47. The van der Waals surface area contributed by atoms with Gasteiger partial charge in [-0.25, -0.2) is 0 Å². The van der Waals surface area contributed by atoms with Gasteiger partial charge < -0.3 is 10.1 Å². The minimum absolute atomic E-state index is 0.406. The highest BCUT2D eigenvalue weighted by atomic mass is 32.1. The van der Waals surface area contributed by atoms with Gasteiger partial charge >= 0.3 is 0 Å². The van der Waals surface area contributed by atoms with Crippen molar-refractivity contribution in [1.82, 2.24) is 5.32 Å². The van der Waals surface area contributed by atoms with E-state index in [0.29, 0.717) is 12.1 Å². The lowest BCUT2D eigenvalue weighted by Gasteiger charge is -2.28. The number of hydrogen-bond donors (Lipinski definition) is 1. The molecular formula is C15H25NOS. The zero-order chi connectivity index (χ0) is 12.8. The van der Waals surface area contributed by atoms with Gasteiger partial charge in [-0.2, -0.15) is 0 Å². The summed E-state index contributed by atoms with van der Waals surface area (Å²) in [6.07, 6.45) is 5.39. The van der Waals surface area contributed by atoms with Crippen molar-refractivity contribution < 1.29 is 4.74 Å². The van der Waals surface area contributed by atoms with Crippen LogP contribution in [0.15, 0.2) is 17.5 Å². The van der Waals surface area contributed by atoms with Crippen molar-refractivity contribution in [3.63, 3.8) is 0 Å². The van der Waals surface area contributed by atoms with E-state index >= 15 is 0 Å². The van der Waals surface area contributed by atoms with Gasteiger partial charge in [-0.1, -0.05) is 13.0 Å². The molecule has 1 N–H and O–H groups in total. The van der Waals surface area contributed by atoms with Gasteiger partial charge in [0.25, 0.3) is 0 Å². The summed E-state index contributed by atoms with van der Waals surface area (Å²) in [5, 5.41) is 5.86. The molecule has 0 amide bonds. The Morgan fingerprint density at radius 3 is 2.83 bits per heavy atom. The molecule has 1 aromatic rings. The molecule has 1 fully saturated rings. The van der Waals surface area contributed by atoms with Gasteiger partial charge in [0.2, 0.25) is 0 Å². The third kappa shape index (κ3) is 4.08. The lowest BCUT2D eigenvalue weighted by molar-refractivity contribution is 0.0194. The number of thiophene rings is 1. The molecule has 0 aromatic carbocycles. The topological polar surface area (TPSA) is 21.3 Å². The first-order chi connectivity index (χ1) is 8.85. The van der Waals surface area contributed by atoms with Crippen LogP contribution in [0.25, 0.3) is 0 Å². The van der Waals surface area contributed by atoms with Crippen molar-refractivity contribution in [2.45, 2.75) is 51.7 Å². The molecule has 0 aliphatic heterocycles. The largest absolute Gasteiger partial charge is 0.377 e. The summed E-state index contributed by atoms with van der Waals surface area (Å²) in [7, 11) is 0. The maximum Gasteiger partial charge on any atom is 0.0759 e. The molecule has 1 saturated carbocycles. The second kappa shape index (κ2) is 7.27. The van der Waals surface area contributed by atoms with Gasteiger partial charge in [0.1, 0.15) is 0 Å². The summed E-state index contributed by atoms with van der Waals surface area (Å²) in [6.45, 7) is 6.25. The quantitative estimate of drug-likeness (QED) is 0.739. The van der Waals surface area contributed by atoms with Gasteiger partial charge in [-0.15, -0.1) is 11.3 Å². The average Bonchev–Trinajstić information content (AvgIpc) is 3.09. The third-order valence-electron chi connectivity index (χ3n) is 3.50. The molecule has 0 radical (unpaired) electrons.